The zero-order chi connectivity index (χ0) is 17.8. The Hall–Kier alpha value is -1.40. The molecule has 0 spiro atoms. The molecule has 0 aromatic carbocycles. The maximum Gasteiger partial charge on any atom is 0.257 e. The van der Waals surface area contributed by atoms with Crippen LogP contribution in [0.2, 0.25) is 0 Å². The van der Waals surface area contributed by atoms with Crippen molar-refractivity contribution in [2.24, 2.45) is 0 Å². The predicted octanol–water partition coefficient (Wildman–Crippen LogP) is 2.49. The molecule has 2 aliphatic heterocycles. The lowest BCUT2D eigenvalue weighted by molar-refractivity contribution is -0.00122. The maximum atomic E-state index is 13.1. The van der Waals surface area contributed by atoms with Gasteiger partial charge in [0.25, 0.3) is 5.91 Å². The lowest BCUT2D eigenvalue weighted by Gasteiger charge is -2.40. The van der Waals surface area contributed by atoms with Gasteiger partial charge in [-0.05, 0) is 32.6 Å². The van der Waals surface area contributed by atoms with E-state index < -0.39 is 0 Å². The summed E-state index contributed by atoms with van der Waals surface area (Å²) < 4.78 is 7.50. The van der Waals surface area contributed by atoms with Crippen molar-refractivity contribution in [2.45, 2.75) is 58.5 Å². The third kappa shape index (κ3) is 3.90. The van der Waals surface area contributed by atoms with Gasteiger partial charge >= 0.3 is 0 Å². The number of carbonyl (C=O) groups is 1. The minimum absolute atomic E-state index is 0.146. The fourth-order valence-corrected chi connectivity index (χ4v) is 4.19. The molecule has 0 aliphatic carbocycles. The van der Waals surface area contributed by atoms with E-state index in [1.165, 1.54) is 6.42 Å². The lowest BCUT2D eigenvalue weighted by atomic mass is 10.0. The largest absolute Gasteiger partial charge is 0.379 e. The van der Waals surface area contributed by atoms with E-state index in [-0.39, 0.29) is 5.91 Å². The highest BCUT2D eigenvalue weighted by Crippen LogP contribution is 2.23. The third-order valence-corrected chi connectivity index (χ3v) is 5.81. The molecule has 0 unspecified atom stereocenters. The van der Waals surface area contributed by atoms with Crippen LogP contribution in [0.5, 0.6) is 0 Å². The topological polar surface area (TPSA) is 50.6 Å². The van der Waals surface area contributed by atoms with Crippen LogP contribution < -0.4 is 0 Å². The van der Waals surface area contributed by atoms with Gasteiger partial charge in [-0.2, -0.15) is 5.10 Å². The smallest absolute Gasteiger partial charge is 0.257 e. The zero-order valence-electron chi connectivity index (χ0n) is 15.9. The Balaban J connectivity index is 1.70. The van der Waals surface area contributed by atoms with E-state index in [0.717, 1.165) is 69.9 Å². The van der Waals surface area contributed by atoms with Crippen molar-refractivity contribution in [1.29, 1.82) is 0 Å². The van der Waals surface area contributed by atoms with Gasteiger partial charge in [0, 0.05) is 37.9 Å². The monoisotopic (exact) mass is 348 g/mol. The van der Waals surface area contributed by atoms with Gasteiger partial charge in [-0.3, -0.25) is 14.4 Å². The van der Waals surface area contributed by atoms with Crippen LogP contribution >= 0.6 is 0 Å². The number of nitrogens with zero attached hydrogens (tertiary/aromatic N) is 4. The van der Waals surface area contributed by atoms with Crippen LogP contribution in [0.4, 0.5) is 0 Å². The second-order valence-electron chi connectivity index (χ2n) is 7.25. The molecule has 2 saturated heterocycles. The fourth-order valence-electron chi connectivity index (χ4n) is 4.19. The molecule has 2 fully saturated rings. The summed E-state index contributed by atoms with van der Waals surface area (Å²) in [6, 6.07) is 0.847. The number of likely N-dealkylation sites (tertiary alicyclic amines) is 1. The highest BCUT2D eigenvalue weighted by Gasteiger charge is 2.30. The number of hydrogen-bond acceptors (Lipinski definition) is 4. The average molecular weight is 348 g/mol. The first-order chi connectivity index (χ1) is 12.2. The van der Waals surface area contributed by atoms with Gasteiger partial charge in [0.1, 0.15) is 0 Å². The van der Waals surface area contributed by atoms with E-state index in [2.05, 4.69) is 23.8 Å². The molecule has 1 aromatic heterocycles. The van der Waals surface area contributed by atoms with Gasteiger partial charge in [0.2, 0.25) is 0 Å². The van der Waals surface area contributed by atoms with E-state index in [0.29, 0.717) is 12.1 Å². The van der Waals surface area contributed by atoms with Gasteiger partial charge in [-0.15, -0.1) is 0 Å². The Labute approximate surface area is 151 Å². The normalized spacial score (nSPS) is 22.6. The highest BCUT2D eigenvalue weighted by atomic mass is 16.5. The molecule has 0 bridgehead atoms. The molecule has 0 saturated carbocycles. The van der Waals surface area contributed by atoms with Crippen LogP contribution in [0.1, 0.15) is 61.6 Å². The van der Waals surface area contributed by atoms with Crippen molar-refractivity contribution >= 4 is 5.91 Å². The van der Waals surface area contributed by atoms with Gasteiger partial charge in [0.15, 0.2) is 0 Å². The summed E-state index contributed by atoms with van der Waals surface area (Å²) in [6.45, 7) is 11.7. The summed E-state index contributed by atoms with van der Waals surface area (Å²) in [4.78, 5) is 17.6. The van der Waals surface area contributed by atoms with E-state index >= 15 is 0 Å². The summed E-state index contributed by atoms with van der Waals surface area (Å²) in [5.41, 5.74) is 1.78. The number of amides is 1. The SMILES string of the molecule is CCC(CC)n1ncc(C(=O)N2CCC[C@H](N3CCOCC3)C2)c1C. The van der Waals surface area contributed by atoms with Crippen LogP contribution in [0, 0.1) is 6.92 Å². The second-order valence-corrected chi connectivity index (χ2v) is 7.25. The first kappa shape index (κ1) is 18.4. The van der Waals surface area contributed by atoms with Crippen LogP contribution in [-0.4, -0.2) is 70.9 Å². The maximum absolute atomic E-state index is 13.1. The van der Waals surface area contributed by atoms with Crippen LogP contribution in [0.3, 0.4) is 0 Å². The standard InChI is InChI=1S/C19H32N4O2/c1-4-16(5-2)23-15(3)18(13-20-23)19(24)22-8-6-7-17(14-22)21-9-11-25-12-10-21/h13,16-17H,4-12,14H2,1-3H3/t17-/m0/s1. The number of rotatable bonds is 5. The molecule has 1 amide bonds. The molecule has 1 atom stereocenters. The van der Waals surface area contributed by atoms with E-state index in [9.17, 15) is 4.79 Å². The number of ether oxygens (including phenoxy) is 1. The average Bonchev–Trinajstić information content (AvgIpc) is 3.04. The molecule has 3 rings (SSSR count). The summed E-state index contributed by atoms with van der Waals surface area (Å²) in [7, 11) is 0. The lowest BCUT2D eigenvalue weighted by Crippen LogP contribution is -2.52. The highest BCUT2D eigenvalue weighted by molar-refractivity contribution is 5.95. The van der Waals surface area contributed by atoms with Gasteiger partial charge in [0.05, 0.1) is 31.0 Å². The molecule has 0 N–H and O–H groups in total. The number of piperidine rings is 1. The quantitative estimate of drug-likeness (QED) is 0.820. The fraction of sp³-hybridized carbons (Fsp3) is 0.789. The Kier molecular flexibility index (Phi) is 6.12. The summed E-state index contributed by atoms with van der Waals surface area (Å²) in [6.07, 6.45) is 6.10. The van der Waals surface area contributed by atoms with Crippen molar-refractivity contribution in [3.63, 3.8) is 0 Å². The van der Waals surface area contributed by atoms with Gasteiger partial charge < -0.3 is 9.64 Å². The Morgan fingerprint density at radius 2 is 2.00 bits per heavy atom. The van der Waals surface area contributed by atoms with E-state index in [1.807, 2.05) is 16.5 Å². The molecular weight excluding hydrogens is 316 g/mol. The zero-order valence-corrected chi connectivity index (χ0v) is 15.9. The van der Waals surface area contributed by atoms with Crippen molar-refractivity contribution in [1.82, 2.24) is 19.6 Å². The van der Waals surface area contributed by atoms with Gasteiger partial charge in [-0.1, -0.05) is 13.8 Å². The molecule has 6 heteroatoms. The molecule has 1 aromatic rings. The molecule has 3 heterocycles. The van der Waals surface area contributed by atoms with E-state index in [4.69, 9.17) is 4.74 Å². The molecule has 2 aliphatic rings. The van der Waals surface area contributed by atoms with Gasteiger partial charge in [-0.25, -0.2) is 0 Å². The number of hydrogen-bond donors (Lipinski definition) is 0. The van der Waals surface area contributed by atoms with E-state index in [1.54, 1.807) is 6.20 Å². The Bertz CT molecular complexity index is 576. The molecular formula is C19H32N4O2. The number of carbonyl (C=O) groups excluding carboxylic acids is 1. The van der Waals surface area contributed by atoms with Crippen molar-refractivity contribution in [3.8, 4) is 0 Å². The molecule has 140 valence electrons. The Morgan fingerprint density at radius 3 is 2.68 bits per heavy atom. The van der Waals surface area contributed by atoms with Crippen molar-refractivity contribution < 1.29 is 9.53 Å². The van der Waals surface area contributed by atoms with Crippen molar-refractivity contribution in [2.75, 3.05) is 39.4 Å². The minimum atomic E-state index is 0.146. The first-order valence-electron chi connectivity index (χ1n) is 9.80. The molecule has 0 radical (unpaired) electrons. The summed E-state index contributed by atoms with van der Waals surface area (Å²) in [5.74, 6) is 0.146. The van der Waals surface area contributed by atoms with Crippen molar-refractivity contribution in [3.05, 3.63) is 17.5 Å². The van der Waals surface area contributed by atoms with Crippen LogP contribution in [-0.2, 0) is 4.74 Å². The summed E-state index contributed by atoms with van der Waals surface area (Å²) in [5, 5.41) is 4.52. The van der Waals surface area contributed by atoms with Crippen LogP contribution in [0.15, 0.2) is 6.20 Å². The molecule has 25 heavy (non-hydrogen) atoms. The number of morpholine rings is 1. The predicted molar refractivity (Wildman–Crippen MR) is 97.9 cm³/mol. The molecule has 6 nitrogen and oxygen atoms in total. The first-order valence-corrected chi connectivity index (χ1v) is 9.80. The van der Waals surface area contributed by atoms with Crippen LogP contribution in [0.25, 0.3) is 0 Å². The minimum Gasteiger partial charge on any atom is -0.379 e. The summed E-state index contributed by atoms with van der Waals surface area (Å²) >= 11 is 0. The number of aromatic nitrogens is 2. The second kappa shape index (κ2) is 8.32. The third-order valence-electron chi connectivity index (χ3n) is 5.81. The Morgan fingerprint density at radius 1 is 1.28 bits per heavy atom.